The van der Waals surface area contributed by atoms with Gasteiger partial charge in [0.2, 0.25) is 0 Å². The van der Waals surface area contributed by atoms with Gasteiger partial charge in [0, 0.05) is 10.6 Å². The molecule has 1 aliphatic heterocycles. The zero-order chi connectivity index (χ0) is 18.0. The number of carbonyl (C=O) groups is 2. The van der Waals surface area contributed by atoms with Crippen molar-refractivity contribution < 1.29 is 14.3 Å². The highest BCUT2D eigenvalue weighted by atomic mass is 127. The first kappa shape index (κ1) is 18.5. The highest BCUT2D eigenvalue weighted by Crippen LogP contribution is 2.33. The van der Waals surface area contributed by atoms with E-state index in [4.69, 9.17) is 4.74 Å². The number of carbonyl (C=O) groups excluding carboxylic acids is 2. The van der Waals surface area contributed by atoms with Crippen LogP contribution in [-0.2, 0) is 11.4 Å². The second kappa shape index (κ2) is 7.92. The average molecular weight is 530 g/mol. The van der Waals surface area contributed by atoms with Crippen LogP contribution in [0.25, 0.3) is 6.08 Å². The van der Waals surface area contributed by atoms with Crippen molar-refractivity contribution in [2.24, 2.45) is 0 Å². The van der Waals surface area contributed by atoms with Crippen LogP contribution in [0.2, 0.25) is 0 Å². The molecule has 0 N–H and O–H groups in total. The van der Waals surface area contributed by atoms with Crippen LogP contribution >= 0.6 is 50.3 Å². The predicted molar refractivity (Wildman–Crippen MR) is 111 cm³/mol. The van der Waals surface area contributed by atoms with Gasteiger partial charge in [-0.3, -0.25) is 14.5 Å². The van der Waals surface area contributed by atoms with Gasteiger partial charge in [-0.25, -0.2) is 0 Å². The van der Waals surface area contributed by atoms with E-state index in [0.29, 0.717) is 11.5 Å². The van der Waals surface area contributed by atoms with Crippen LogP contribution in [0.1, 0.15) is 11.1 Å². The zero-order valence-electron chi connectivity index (χ0n) is 13.2. The summed E-state index contributed by atoms with van der Waals surface area (Å²) in [6.07, 6.45) is 1.71. The summed E-state index contributed by atoms with van der Waals surface area (Å²) in [6.45, 7) is 0.476. The van der Waals surface area contributed by atoms with Gasteiger partial charge in [0.1, 0.15) is 12.4 Å². The molecule has 25 heavy (non-hydrogen) atoms. The van der Waals surface area contributed by atoms with E-state index in [0.717, 1.165) is 38.0 Å². The van der Waals surface area contributed by atoms with E-state index in [1.54, 1.807) is 6.08 Å². The maximum Gasteiger partial charge on any atom is 0.293 e. The van der Waals surface area contributed by atoms with E-state index < -0.39 is 0 Å². The zero-order valence-corrected chi connectivity index (χ0v) is 17.7. The fraction of sp³-hybridized carbons (Fsp3) is 0.111. The number of amides is 2. The van der Waals surface area contributed by atoms with Crippen molar-refractivity contribution >= 4 is 67.5 Å². The minimum Gasteiger partial charge on any atom is -0.488 e. The number of benzene rings is 2. The number of likely N-dealkylation sites (N-methyl/N-ethyl adjacent to an activating group) is 1. The van der Waals surface area contributed by atoms with Crippen molar-refractivity contribution in [1.82, 2.24) is 4.90 Å². The molecule has 0 atom stereocenters. The fourth-order valence-corrected chi connectivity index (χ4v) is 3.86. The van der Waals surface area contributed by atoms with Crippen LogP contribution < -0.4 is 4.74 Å². The molecular formula is C18H13BrINO3S. The van der Waals surface area contributed by atoms with E-state index in [1.807, 2.05) is 42.5 Å². The van der Waals surface area contributed by atoms with Crippen LogP contribution in [0.3, 0.4) is 0 Å². The first-order valence-electron chi connectivity index (χ1n) is 7.32. The Balaban J connectivity index is 1.72. The van der Waals surface area contributed by atoms with E-state index in [1.165, 1.54) is 10.6 Å². The van der Waals surface area contributed by atoms with Gasteiger partial charge in [-0.1, -0.05) is 18.2 Å². The maximum absolute atomic E-state index is 11.9. The second-order valence-electron chi connectivity index (χ2n) is 5.35. The highest BCUT2D eigenvalue weighted by molar-refractivity contribution is 14.1. The molecule has 1 heterocycles. The maximum atomic E-state index is 11.9. The number of rotatable bonds is 4. The lowest BCUT2D eigenvalue weighted by Gasteiger charge is -2.09. The average Bonchev–Trinajstić information content (AvgIpc) is 2.83. The Labute approximate surface area is 171 Å². The SMILES string of the molecule is CN1C(=O)S/C(=C\c2ccc(OCc3ccc(I)cc3)c(Br)c2)C1=O. The van der Waals surface area contributed by atoms with Gasteiger partial charge in [0.25, 0.3) is 11.1 Å². The molecule has 4 nitrogen and oxygen atoms in total. The summed E-state index contributed by atoms with van der Waals surface area (Å²) in [5.41, 5.74) is 1.92. The third-order valence-corrected chi connectivity index (χ3v) is 5.85. The lowest BCUT2D eigenvalue weighted by Crippen LogP contribution is -2.22. The molecule has 0 radical (unpaired) electrons. The topological polar surface area (TPSA) is 46.6 Å². The van der Waals surface area contributed by atoms with Crippen molar-refractivity contribution in [1.29, 1.82) is 0 Å². The third-order valence-electron chi connectivity index (χ3n) is 3.55. The molecule has 3 rings (SSSR count). The van der Waals surface area contributed by atoms with Crippen molar-refractivity contribution in [3.05, 3.63) is 66.5 Å². The van der Waals surface area contributed by atoms with E-state index in [2.05, 4.69) is 38.5 Å². The largest absolute Gasteiger partial charge is 0.488 e. The first-order chi connectivity index (χ1) is 11.9. The summed E-state index contributed by atoms with van der Waals surface area (Å²) in [4.78, 5) is 25.0. The molecule has 2 amide bonds. The van der Waals surface area contributed by atoms with Gasteiger partial charge in [-0.05, 0) is 91.8 Å². The Hall–Kier alpha value is -1.32. The molecule has 2 aromatic rings. The van der Waals surface area contributed by atoms with Gasteiger partial charge >= 0.3 is 0 Å². The molecule has 1 aliphatic rings. The van der Waals surface area contributed by atoms with E-state index >= 15 is 0 Å². The van der Waals surface area contributed by atoms with Crippen LogP contribution in [0.5, 0.6) is 5.75 Å². The smallest absolute Gasteiger partial charge is 0.293 e. The third kappa shape index (κ3) is 4.45. The molecular weight excluding hydrogens is 517 g/mol. The number of hydrogen-bond donors (Lipinski definition) is 0. The lowest BCUT2D eigenvalue weighted by molar-refractivity contribution is -0.121. The lowest BCUT2D eigenvalue weighted by atomic mass is 10.2. The van der Waals surface area contributed by atoms with Crippen LogP contribution in [0, 0.1) is 3.57 Å². The van der Waals surface area contributed by atoms with Crippen LogP contribution in [-0.4, -0.2) is 23.1 Å². The monoisotopic (exact) mass is 529 g/mol. The Bertz CT molecular complexity index is 867. The normalized spacial score (nSPS) is 16.0. The molecule has 0 aliphatic carbocycles. The van der Waals surface area contributed by atoms with Crippen molar-refractivity contribution in [3.8, 4) is 5.75 Å². The summed E-state index contributed by atoms with van der Waals surface area (Å²) in [7, 11) is 1.48. The van der Waals surface area contributed by atoms with Crippen LogP contribution in [0.15, 0.2) is 51.8 Å². The Morgan fingerprint density at radius 2 is 1.92 bits per heavy atom. The molecule has 0 bridgehead atoms. The Morgan fingerprint density at radius 3 is 2.52 bits per heavy atom. The quantitative estimate of drug-likeness (QED) is 0.398. The summed E-state index contributed by atoms with van der Waals surface area (Å²) in [6, 6.07) is 13.7. The molecule has 0 unspecified atom stereocenters. The minimum absolute atomic E-state index is 0.257. The Kier molecular flexibility index (Phi) is 5.85. The number of hydrogen-bond acceptors (Lipinski definition) is 4. The minimum atomic E-state index is -0.273. The molecule has 1 saturated heterocycles. The number of halogens is 2. The van der Waals surface area contributed by atoms with Gasteiger partial charge in [-0.2, -0.15) is 0 Å². The standard InChI is InChI=1S/C18H13BrINO3S/c1-21-17(22)16(25-18(21)23)9-12-4-7-15(14(19)8-12)24-10-11-2-5-13(20)6-3-11/h2-9H,10H2,1H3/b16-9-. The molecule has 1 fully saturated rings. The molecule has 128 valence electrons. The van der Waals surface area contributed by atoms with E-state index in [9.17, 15) is 9.59 Å². The van der Waals surface area contributed by atoms with Crippen molar-refractivity contribution in [2.75, 3.05) is 7.05 Å². The summed E-state index contributed by atoms with van der Waals surface area (Å²) < 4.78 is 7.82. The number of imide groups is 1. The Morgan fingerprint density at radius 1 is 1.20 bits per heavy atom. The molecule has 0 spiro atoms. The molecule has 7 heteroatoms. The van der Waals surface area contributed by atoms with Gasteiger partial charge in [-0.15, -0.1) is 0 Å². The molecule has 0 aromatic heterocycles. The highest BCUT2D eigenvalue weighted by Gasteiger charge is 2.31. The number of thioether (sulfide) groups is 1. The van der Waals surface area contributed by atoms with Gasteiger partial charge in [0.05, 0.1) is 9.38 Å². The van der Waals surface area contributed by atoms with Crippen molar-refractivity contribution in [3.63, 3.8) is 0 Å². The molecule has 2 aromatic carbocycles. The summed E-state index contributed by atoms with van der Waals surface area (Å²) in [5.74, 6) is 0.449. The predicted octanol–water partition coefficient (Wildman–Crippen LogP) is 5.30. The summed E-state index contributed by atoms with van der Waals surface area (Å²) >= 11 is 6.71. The van der Waals surface area contributed by atoms with Crippen LogP contribution in [0.4, 0.5) is 4.79 Å². The first-order valence-corrected chi connectivity index (χ1v) is 10.0. The van der Waals surface area contributed by atoms with E-state index in [-0.39, 0.29) is 11.1 Å². The van der Waals surface area contributed by atoms with Gasteiger partial charge < -0.3 is 4.74 Å². The fourth-order valence-electron chi connectivity index (χ4n) is 2.16. The van der Waals surface area contributed by atoms with Crippen molar-refractivity contribution in [2.45, 2.75) is 6.61 Å². The summed E-state index contributed by atoms with van der Waals surface area (Å²) in [5, 5.41) is -0.257. The second-order valence-corrected chi connectivity index (χ2v) is 8.44. The number of nitrogens with zero attached hydrogens (tertiary/aromatic N) is 1. The van der Waals surface area contributed by atoms with Gasteiger partial charge in [0.15, 0.2) is 0 Å². The number of ether oxygens (including phenoxy) is 1. The molecule has 0 saturated carbocycles.